The Morgan fingerprint density at radius 3 is 2.80 bits per heavy atom. The number of alkyl halides is 3. The van der Waals surface area contributed by atoms with Crippen LogP contribution in [-0.4, -0.2) is 29.2 Å². The van der Waals surface area contributed by atoms with Crippen LogP contribution in [0.15, 0.2) is 30.3 Å². The van der Waals surface area contributed by atoms with E-state index in [-0.39, 0.29) is 17.7 Å². The molecule has 1 atom stereocenters. The van der Waals surface area contributed by atoms with Crippen LogP contribution in [-0.2, 0) is 10.9 Å². The van der Waals surface area contributed by atoms with Crippen molar-refractivity contribution < 1.29 is 17.9 Å². The molecular formula is C17H19F3N4O. The fraction of sp³-hybridized carbons (Fsp3) is 0.412. The van der Waals surface area contributed by atoms with Crippen molar-refractivity contribution in [1.29, 1.82) is 0 Å². The Kier molecular flexibility index (Phi) is 5.08. The minimum Gasteiger partial charge on any atom is -0.376 e. The summed E-state index contributed by atoms with van der Waals surface area (Å²) in [5.41, 5.74) is 0.270. The predicted molar refractivity (Wildman–Crippen MR) is 89.0 cm³/mol. The van der Waals surface area contributed by atoms with Gasteiger partial charge >= 0.3 is 6.18 Å². The van der Waals surface area contributed by atoms with Crippen molar-refractivity contribution in [3.63, 3.8) is 0 Å². The average molecular weight is 352 g/mol. The van der Waals surface area contributed by atoms with E-state index in [4.69, 9.17) is 4.74 Å². The Morgan fingerprint density at radius 1 is 1.24 bits per heavy atom. The van der Waals surface area contributed by atoms with Gasteiger partial charge in [-0.05, 0) is 38.0 Å². The van der Waals surface area contributed by atoms with Crippen molar-refractivity contribution in [2.75, 3.05) is 23.8 Å². The van der Waals surface area contributed by atoms with Gasteiger partial charge in [0.05, 0.1) is 11.7 Å². The van der Waals surface area contributed by atoms with E-state index in [1.807, 2.05) is 0 Å². The zero-order valence-corrected chi connectivity index (χ0v) is 13.7. The second-order valence-corrected chi connectivity index (χ2v) is 5.94. The first kappa shape index (κ1) is 17.5. The molecule has 2 N–H and O–H groups in total. The van der Waals surface area contributed by atoms with E-state index in [9.17, 15) is 13.2 Å². The normalized spacial score (nSPS) is 17.5. The summed E-state index contributed by atoms with van der Waals surface area (Å²) in [4.78, 5) is 8.54. The fourth-order valence-electron chi connectivity index (χ4n) is 2.64. The minimum absolute atomic E-state index is 0.162. The highest BCUT2D eigenvalue weighted by molar-refractivity contribution is 5.56. The lowest BCUT2D eigenvalue weighted by atomic mass is 10.2. The molecule has 0 bridgehead atoms. The van der Waals surface area contributed by atoms with Gasteiger partial charge in [0.15, 0.2) is 0 Å². The highest BCUT2D eigenvalue weighted by Crippen LogP contribution is 2.31. The van der Waals surface area contributed by atoms with Gasteiger partial charge in [-0.15, -0.1) is 0 Å². The smallest absolute Gasteiger partial charge is 0.376 e. The summed E-state index contributed by atoms with van der Waals surface area (Å²) < 4.78 is 44.0. The molecule has 1 aromatic carbocycles. The number of rotatable bonds is 5. The number of nitrogens with one attached hydrogen (secondary N) is 2. The third-order valence-electron chi connectivity index (χ3n) is 3.84. The van der Waals surface area contributed by atoms with Crippen LogP contribution in [0.2, 0.25) is 0 Å². The molecule has 8 heteroatoms. The lowest BCUT2D eigenvalue weighted by Gasteiger charge is -2.13. The first-order valence-corrected chi connectivity index (χ1v) is 8.05. The summed E-state index contributed by atoms with van der Waals surface area (Å²) >= 11 is 0. The lowest BCUT2D eigenvalue weighted by Crippen LogP contribution is -2.19. The van der Waals surface area contributed by atoms with Crippen LogP contribution in [0.5, 0.6) is 0 Å². The molecule has 0 radical (unpaired) electrons. The van der Waals surface area contributed by atoms with Gasteiger partial charge < -0.3 is 15.4 Å². The SMILES string of the molecule is Cc1cc(NCC2CCCO2)nc(Nc2cccc(C(F)(F)F)c2)n1. The van der Waals surface area contributed by atoms with E-state index in [1.165, 1.54) is 6.07 Å². The number of hydrogen-bond acceptors (Lipinski definition) is 5. The maximum absolute atomic E-state index is 12.8. The van der Waals surface area contributed by atoms with Gasteiger partial charge in [-0.3, -0.25) is 0 Å². The van der Waals surface area contributed by atoms with Gasteiger partial charge in [0.2, 0.25) is 5.95 Å². The quantitative estimate of drug-likeness (QED) is 0.847. The van der Waals surface area contributed by atoms with Gasteiger partial charge in [-0.1, -0.05) is 6.07 Å². The first-order valence-electron chi connectivity index (χ1n) is 8.05. The Balaban J connectivity index is 1.71. The topological polar surface area (TPSA) is 59.1 Å². The van der Waals surface area contributed by atoms with Crippen LogP contribution >= 0.6 is 0 Å². The molecule has 3 rings (SSSR count). The van der Waals surface area contributed by atoms with E-state index in [1.54, 1.807) is 19.1 Å². The fourth-order valence-corrected chi connectivity index (χ4v) is 2.64. The largest absolute Gasteiger partial charge is 0.416 e. The molecule has 25 heavy (non-hydrogen) atoms. The van der Waals surface area contributed by atoms with Gasteiger partial charge in [-0.25, -0.2) is 4.98 Å². The third-order valence-corrected chi connectivity index (χ3v) is 3.84. The zero-order chi connectivity index (χ0) is 17.9. The summed E-state index contributed by atoms with van der Waals surface area (Å²) in [5.74, 6) is 0.853. The molecule has 134 valence electrons. The number of aryl methyl sites for hydroxylation is 1. The number of halogens is 3. The second-order valence-electron chi connectivity index (χ2n) is 5.94. The van der Waals surface area contributed by atoms with Crippen LogP contribution in [0.1, 0.15) is 24.1 Å². The van der Waals surface area contributed by atoms with Crippen LogP contribution in [0.3, 0.4) is 0 Å². The zero-order valence-electron chi connectivity index (χ0n) is 13.7. The number of hydrogen-bond donors (Lipinski definition) is 2. The Labute approximate surface area is 143 Å². The van der Waals surface area contributed by atoms with Crippen molar-refractivity contribution in [1.82, 2.24) is 9.97 Å². The molecule has 1 saturated heterocycles. The molecule has 0 aliphatic carbocycles. The maximum Gasteiger partial charge on any atom is 0.416 e. The van der Waals surface area contributed by atoms with E-state index in [2.05, 4.69) is 20.6 Å². The molecule has 2 heterocycles. The van der Waals surface area contributed by atoms with Crippen molar-refractivity contribution in [3.8, 4) is 0 Å². The molecule has 1 aliphatic rings. The molecule has 0 amide bonds. The molecule has 1 unspecified atom stereocenters. The third kappa shape index (κ3) is 4.82. The maximum atomic E-state index is 12.8. The summed E-state index contributed by atoms with van der Waals surface area (Å²) in [7, 11) is 0. The van der Waals surface area contributed by atoms with Crippen LogP contribution in [0.25, 0.3) is 0 Å². The average Bonchev–Trinajstić information content (AvgIpc) is 3.05. The van der Waals surface area contributed by atoms with E-state index >= 15 is 0 Å². The molecule has 0 saturated carbocycles. The molecule has 1 aliphatic heterocycles. The van der Waals surface area contributed by atoms with Gasteiger partial charge in [-0.2, -0.15) is 18.2 Å². The van der Waals surface area contributed by atoms with Gasteiger partial charge in [0.1, 0.15) is 5.82 Å². The minimum atomic E-state index is -4.39. The summed E-state index contributed by atoms with van der Waals surface area (Å²) in [6.45, 7) is 3.22. The predicted octanol–water partition coefficient (Wildman–Crippen LogP) is 4.14. The molecule has 1 fully saturated rings. The van der Waals surface area contributed by atoms with E-state index in [0.29, 0.717) is 18.1 Å². The van der Waals surface area contributed by atoms with Crippen molar-refractivity contribution in [3.05, 3.63) is 41.6 Å². The Morgan fingerprint density at radius 2 is 2.08 bits per heavy atom. The number of anilines is 3. The summed E-state index contributed by atoms with van der Waals surface area (Å²) in [6.07, 6.45) is -2.17. The van der Waals surface area contributed by atoms with Crippen molar-refractivity contribution in [2.45, 2.75) is 32.0 Å². The second kappa shape index (κ2) is 7.26. The molecule has 2 aromatic rings. The summed E-state index contributed by atoms with van der Waals surface area (Å²) in [6, 6.07) is 6.73. The number of benzene rings is 1. The van der Waals surface area contributed by atoms with Crippen molar-refractivity contribution in [2.24, 2.45) is 0 Å². The molecular weight excluding hydrogens is 333 g/mol. The number of aromatic nitrogens is 2. The standard InChI is InChI=1S/C17H19F3N4O/c1-11-8-15(21-10-14-6-3-7-25-14)24-16(22-11)23-13-5-2-4-12(9-13)17(18,19)20/h2,4-5,8-9,14H,3,6-7,10H2,1H3,(H2,21,22,23,24). The molecule has 0 spiro atoms. The van der Waals surface area contributed by atoms with Crippen LogP contribution in [0.4, 0.5) is 30.6 Å². The Hall–Kier alpha value is -2.35. The first-order chi connectivity index (χ1) is 11.9. The van der Waals surface area contributed by atoms with Crippen LogP contribution < -0.4 is 10.6 Å². The Bertz CT molecular complexity index is 730. The highest BCUT2D eigenvalue weighted by Gasteiger charge is 2.30. The highest BCUT2D eigenvalue weighted by atomic mass is 19.4. The lowest BCUT2D eigenvalue weighted by molar-refractivity contribution is -0.137. The van der Waals surface area contributed by atoms with Gasteiger partial charge in [0.25, 0.3) is 0 Å². The number of nitrogens with zero attached hydrogens (tertiary/aromatic N) is 2. The van der Waals surface area contributed by atoms with E-state index in [0.717, 1.165) is 31.6 Å². The molecule has 5 nitrogen and oxygen atoms in total. The van der Waals surface area contributed by atoms with E-state index < -0.39 is 11.7 Å². The van der Waals surface area contributed by atoms with Crippen LogP contribution in [0, 0.1) is 6.92 Å². The monoisotopic (exact) mass is 352 g/mol. The van der Waals surface area contributed by atoms with Crippen molar-refractivity contribution >= 4 is 17.5 Å². The molecule has 1 aromatic heterocycles. The number of ether oxygens (including phenoxy) is 1. The summed E-state index contributed by atoms with van der Waals surface area (Å²) in [5, 5.41) is 6.03. The van der Waals surface area contributed by atoms with Gasteiger partial charge in [0, 0.05) is 30.6 Å².